The molecule has 0 heterocycles. The topological polar surface area (TPSA) is 76.7 Å². The molecule has 0 saturated heterocycles. The van der Waals surface area contributed by atoms with E-state index in [-0.39, 0.29) is 13.2 Å². The van der Waals surface area contributed by atoms with E-state index in [9.17, 15) is 9.59 Å². The number of benzene rings is 3. The van der Waals surface area contributed by atoms with Gasteiger partial charge in [-0.25, -0.2) is 0 Å². The fraction of sp³-hybridized carbons (Fsp3) is 0.217. The first kappa shape index (κ1) is 21.6. The molecule has 3 rings (SSSR count). The molecule has 0 atom stereocenters. The van der Waals surface area contributed by atoms with E-state index in [0.29, 0.717) is 17.4 Å². The van der Waals surface area contributed by atoms with Crippen molar-refractivity contribution in [2.45, 2.75) is 19.8 Å². The van der Waals surface area contributed by atoms with E-state index in [0.717, 1.165) is 15.2 Å². The minimum atomic E-state index is -0.482. The quantitative estimate of drug-likeness (QED) is 0.503. The van der Waals surface area contributed by atoms with Crippen LogP contribution in [0.25, 0.3) is 10.8 Å². The molecule has 0 fully saturated rings. The van der Waals surface area contributed by atoms with E-state index >= 15 is 0 Å². The third-order valence-electron chi connectivity index (χ3n) is 4.44. The molecule has 2 N–H and O–H groups in total. The number of carbonyl (C=O) groups excluding carboxylic acids is 2. The summed E-state index contributed by atoms with van der Waals surface area (Å²) in [7, 11) is 0. The Hall–Kier alpha value is -3.06. The molecule has 0 unspecified atom stereocenters. The van der Waals surface area contributed by atoms with Gasteiger partial charge in [0.2, 0.25) is 0 Å². The molecule has 0 bridgehead atoms. The van der Waals surface area contributed by atoms with Crippen molar-refractivity contribution in [3.05, 3.63) is 70.7 Å². The number of halogens is 1. The zero-order chi connectivity index (χ0) is 21.5. The predicted molar refractivity (Wildman–Crippen MR) is 119 cm³/mol. The number of amides is 2. The van der Waals surface area contributed by atoms with Crippen LogP contribution in [0.4, 0.5) is 0 Å². The third kappa shape index (κ3) is 5.73. The van der Waals surface area contributed by atoms with Crippen LogP contribution in [0.15, 0.2) is 65.1 Å². The Balaban J connectivity index is 1.42. The first-order valence-electron chi connectivity index (χ1n) is 9.54. The first-order valence-corrected chi connectivity index (χ1v) is 10.3. The Bertz CT molecular complexity index is 1040. The second kappa shape index (κ2) is 10.1. The summed E-state index contributed by atoms with van der Waals surface area (Å²) in [6.07, 6.45) is 0. The second-order valence-corrected chi connectivity index (χ2v) is 7.79. The Morgan fingerprint density at radius 3 is 2.17 bits per heavy atom. The number of hydrogen-bond acceptors (Lipinski definition) is 4. The van der Waals surface area contributed by atoms with Gasteiger partial charge >= 0.3 is 0 Å². The van der Waals surface area contributed by atoms with Gasteiger partial charge in [0, 0.05) is 0 Å². The van der Waals surface area contributed by atoms with E-state index in [2.05, 4.69) is 40.6 Å². The summed E-state index contributed by atoms with van der Waals surface area (Å²) < 4.78 is 11.7. The number of rotatable bonds is 7. The molecule has 0 saturated carbocycles. The summed E-state index contributed by atoms with van der Waals surface area (Å²) >= 11 is 3.51. The monoisotopic (exact) mass is 470 g/mol. The normalized spacial score (nSPS) is 10.7. The highest BCUT2D eigenvalue weighted by atomic mass is 79.9. The zero-order valence-corrected chi connectivity index (χ0v) is 18.4. The van der Waals surface area contributed by atoms with Crippen molar-refractivity contribution >= 4 is 38.5 Å². The molecule has 0 aliphatic rings. The number of hydrazine groups is 1. The minimum Gasteiger partial charge on any atom is -0.484 e. The molecule has 6 nitrogen and oxygen atoms in total. The van der Waals surface area contributed by atoms with Crippen LogP contribution in [-0.2, 0) is 9.59 Å². The van der Waals surface area contributed by atoms with Crippen molar-refractivity contribution < 1.29 is 19.1 Å². The average molecular weight is 471 g/mol. The van der Waals surface area contributed by atoms with Gasteiger partial charge in [0.15, 0.2) is 13.2 Å². The Morgan fingerprint density at radius 1 is 0.867 bits per heavy atom. The van der Waals surface area contributed by atoms with Crippen molar-refractivity contribution in [1.29, 1.82) is 0 Å². The molecule has 0 spiro atoms. The number of fused-ring (bicyclic) bond motifs is 1. The van der Waals surface area contributed by atoms with Crippen molar-refractivity contribution in [3.8, 4) is 11.5 Å². The largest absolute Gasteiger partial charge is 0.484 e. The van der Waals surface area contributed by atoms with Crippen molar-refractivity contribution in [3.63, 3.8) is 0 Å². The second-order valence-electron chi connectivity index (χ2n) is 7.00. The molecule has 7 heteroatoms. The summed E-state index contributed by atoms with van der Waals surface area (Å²) in [4.78, 5) is 23.8. The lowest BCUT2D eigenvalue weighted by atomic mass is 10.0. The predicted octanol–water partition coefficient (Wildman–Crippen LogP) is 4.33. The van der Waals surface area contributed by atoms with Gasteiger partial charge < -0.3 is 9.47 Å². The third-order valence-corrected chi connectivity index (χ3v) is 5.26. The summed E-state index contributed by atoms with van der Waals surface area (Å²) in [5.41, 5.74) is 5.81. The van der Waals surface area contributed by atoms with Crippen LogP contribution < -0.4 is 20.3 Å². The van der Waals surface area contributed by atoms with Gasteiger partial charge in [0.05, 0.1) is 4.47 Å². The number of ether oxygens (including phenoxy) is 2. The molecule has 3 aromatic rings. The summed E-state index contributed by atoms with van der Waals surface area (Å²) in [5.74, 6) is 0.608. The molecule has 0 aliphatic carbocycles. The minimum absolute atomic E-state index is 0.210. The summed E-state index contributed by atoms with van der Waals surface area (Å²) in [5, 5.41) is 2.05. The van der Waals surface area contributed by atoms with E-state index in [1.54, 1.807) is 6.07 Å². The highest BCUT2D eigenvalue weighted by Crippen LogP contribution is 2.32. The van der Waals surface area contributed by atoms with E-state index in [1.165, 1.54) is 5.56 Å². The first-order chi connectivity index (χ1) is 14.4. The van der Waals surface area contributed by atoms with Gasteiger partial charge in [-0.1, -0.05) is 56.3 Å². The van der Waals surface area contributed by atoms with Crippen LogP contribution in [0.1, 0.15) is 25.3 Å². The van der Waals surface area contributed by atoms with Crippen molar-refractivity contribution in [2.24, 2.45) is 0 Å². The fourth-order valence-corrected chi connectivity index (χ4v) is 3.39. The van der Waals surface area contributed by atoms with Gasteiger partial charge in [-0.2, -0.15) is 0 Å². The number of hydrogen-bond donors (Lipinski definition) is 2. The maximum Gasteiger partial charge on any atom is 0.276 e. The van der Waals surface area contributed by atoms with E-state index in [1.807, 2.05) is 54.6 Å². The lowest BCUT2D eigenvalue weighted by Crippen LogP contribution is -2.45. The van der Waals surface area contributed by atoms with Crippen LogP contribution in [0, 0.1) is 0 Å². The molecule has 0 aromatic heterocycles. The van der Waals surface area contributed by atoms with Crippen LogP contribution >= 0.6 is 15.9 Å². The highest BCUT2D eigenvalue weighted by molar-refractivity contribution is 9.10. The molecular formula is C23H23BrN2O4. The summed E-state index contributed by atoms with van der Waals surface area (Å²) in [6.45, 7) is 3.76. The molecule has 2 amide bonds. The van der Waals surface area contributed by atoms with Gasteiger partial charge in [0.1, 0.15) is 11.5 Å². The van der Waals surface area contributed by atoms with Crippen LogP contribution in [-0.4, -0.2) is 25.0 Å². The molecular weight excluding hydrogens is 448 g/mol. The lowest BCUT2D eigenvalue weighted by molar-refractivity contribution is -0.131. The highest BCUT2D eigenvalue weighted by Gasteiger charge is 2.10. The number of carbonyl (C=O) groups is 2. The van der Waals surface area contributed by atoms with Gasteiger partial charge in [-0.05, 0) is 56.4 Å². The van der Waals surface area contributed by atoms with Crippen LogP contribution in [0.2, 0.25) is 0 Å². The standard InChI is InChI=1S/C23H23BrN2O4/c1-15(2)16-7-10-18(11-8-16)29-13-21(27)25-26-22(28)14-30-20-12-9-17-5-3-4-6-19(17)23(20)24/h3-12,15H,13-14H2,1-2H3,(H,25,27)(H,26,28). The molecule has 0 aliphatic heterocycles. The van der Waals surface area contributed by atoms with E-state index < -0.39 is 11.8 Å². The fourth-order valence-electron chi connectivity index (χ4n) is 2.78. The van der Waals surface area contributed by atoms with Crippen molar-refractivity contribution in [1.82, 2.24) is 10.9 Å². The molecule has 3 aromatic carbocycles. The van der Waals surface area contributed by atoms with Crippen LogP contribution in [0.3, 0.4) is 0 Å². The molecule has 0 radical (unpaired) electrons. The SMILES string of the molecule is CC(C)c1ccc(OCC(=O)NNC(=O)COc2ccc3ccccc3c2Br)cc1. The Kier molecular flexibility index (Phi) is 7.30. The average Bonchev–Trinajstić information content (AvgIpc) is 2.76. The lowest BCUT2D eigenvalue weighted by Gasteiger charge is -2.12. The molecule has 30 heavy (non-hydrogen) atoms. The Morgan fingerprint density at radius 2 is 1.50 bits per heavy atom. The molecule has 156 valence electrons. The number of nitrogens with one attached hydrogen (secondary N) is 2. The van der Waals surface area contributed by atoms with Gasteiger partial charge in [-0.15, -0.1) is 0 Å². The van der Waals surface area contributed by atoms with E-state index in [4.69, 9.17) is 9.47 Å². The van der Waals surface area contributed by atoms with Crippen LogP contribution in [0.5, 0.6) is 11.5 Å². The van der Waals surface area contributed by atoms with Gasteiger partial charge in [-0.3, -0.25) is 20.4 Å². The smallest absolute Gasteiger partial charge is 0.276 e. The Labute approximate surface area is 183 Å². The summed E-state index contributed by atoms with van der Waals surface area (Å²) in [6, 6.07) is 19.1. The maximum atomic E-state index is 12.0. The zero-order valence-electron chi connectivity index (χ0n) is 16.8. The maximum absolute atomic E-state index is 12.0. The van der Waals surface area contributed by atoms with Gasteiger partial charge in [0.25, 0.3) is 11.8 Å². The van der Waals surface area contributed by atoms with Crippen molar-refractivity contribution in [2.75, 3.05) is 13.2 Å².